The van der Waals surface area contributed by atoms with E-state index in [4.69, 9.17) is 26.1 Å². The molecule has 9 nitrogen and oxygen atoms in total. The molecule has 3 fully saturated rings. The van der Waals surface area contributed by atoms with Crippen LogP contribution in [0.15, 0.2) is 40.0 Å². The number of hydrogen-bond donors (Lipinski definition) is 0. The molecule has 1 amide bonds. The summed E-state index contributed by atoms with van der Waals surface area (Å²) in [5.41, 5.74) is 1.89. The van der Waals surface area contributed by atoms with Crippen molar-refractivity contribution in [1.82, 2.24) is 19.4 Å². The summed E-state index contributed by atoms with van der Waals surface area (Å²) in [4.78, 5) is 39.0. The molecule has 1 unspecified atom stereocenters. The summed E-state index contributed by atoms with van der Waals surface area (Å²) >= 11 is 8.77. The minimum Gasteiger partial charge on any atom is -0.444 e. The number of ether oxygens (including phenoxy) is 2. The minimum absolute atomic E-state index is 0.0653. The van der Waals surface area contributed by atoms with E-state index in [1.54, 1.807) is 28.8 Å². The molecule has 0 N–H and O–H groups in total. The van der Waals surface area contributed by atoms with Gasteiger partial charge in [-0.1, -0.05) is 23.7 Å². The van der Waals surface area contributed by atoms with Crippen LogP contribution in [-0.2, 0) is 9.47 Å². The second-order valence-corrected chi connectivity index (χ2v) is 15.7. The Bertz CT molecular complexity index is 1710. The predicted molar refractivity (Wildman–Crippen MR) is 180 cm³/mol. The van der Waals surface area contributed by atoms with E-state index in [1.807, 2.05) is 38.3 Å². The number of piperazine rings is 1. The molecule has 0 bridgehead atoms. The van der Waals surface area contributed by atoms with E-state index in [1.165, 1.54) is 12.1 Å². The maximum Gasteiger partial charge on any atom is 0.410 e. The lowest BCUT2D eigenvalue weighted by Gasteiger charge is -2.48. The van der Waals surface area contributed by atoms with Gasteiger partial charge in [0.25, 0.3) is 0 Å². The number of carbonyl (C=O) groups excluding carboxylic acids is 1. The van der Waals surface area contributed by atoms with Gasteiger partial charge in [-0.3, -0.25) is 4.57 Å². The molecule has 3 saturated heterocycles. The molecular formula is C34H41ClFN5O4S. The van der Waals surface area contributed by atoms with Crippen molar-refractivity contribution in [2.45, 2.75) is 63.1 Å². The van der Waals surface area contributed by atoms with Crippen LogP contribution in [0.1, 0.15) is 46.6 Å². The summed E-state index contributed by atoms with van der Waals surface area (Å²) in [5, 5.41) is 1.34. The van der Waals surface area contributed by atoms with Crippen LogP contribution in [0.4, 0.5) is 15.0 Å². The zero-order chi connectivity index (χ0) is 32.4. The average Bonchev–Trinajstić information content (AvgIpc) is 2.99. The number of piperidine rings is 1. The molecule has 246 valence electrons. The van der Waals surface area contributed by atoms with Crippen LogP contribution in [-0.4, -0.2) is 95.3 Å². The summed E-state index contributed by atoms with van der Waals surface area (Å²) in [6, 6.07) is 8.08. The molecule has 4 aliphatic rings. The monoisotopic (exact) mass is 669 g/mol. The van der Waals surface area contributed by atoms with E-state index in [2.05, 4.69) is 9.80 Å². The third kappa shape index (κ3) is 5.88. The average molecular weight is 670 g/mol. The van der Waals surface area contributed by atoms with Crippen molar-refractivity contribution in [1.29, 1.82) is 0 Å². The standard InChI is InChI=1S/C34H41ClFN5O4S/c1-21-16-39(32(43)45-33(2,3)4)13-14-40(21)30-25-15-26(35)27(22-5-7-23(36)8-6-22)29-28(25)41(31(42)37-30)24(18-46-29)17-38-11-9-34(10-12-38)19-44-20-34/h5-8,15,21,24H,9-14,16-20H2,1-4H3/t21?,24-/m0/s1. The van der Waals surface area contributed by atoms with Crippen molar-refractivity contribution < 1.29 is 18.7 Å². The number of likely N-dealkylation sites (tertiary alicyclic amines) is 1. The summed E-state index contributed by atoms with van der Waals surface area (Å²) in [5.74, 6) is 0.960. The van der Waals surface area contributed by atoms with Crippen molar-refractivity contribution >= 4 is 46.2 Å². The van der Waals surface area contributed by atoms with Gasteiger partial charge in [-0.25, -0.2) is 14.0 Å². The SMILES string of the molecule is CC1CN(C(=O)OC(C)(C)C)CCN1c1nc(=O)n2c3c(c(-c4ccc(F)cc4)c(Cl)cc13)SC[C@@H]2CN1CCC2(CC1)COC2. The summed E-state index contributed by atoms with van der Waals surface area (Å²) in [6.07, 6.45) is 1.88. The van der Waals surface area contributed by atoms with Gasteiger partial charge in [0, 0.05) is 59.2 Å². The van der Waals surface area contributed by atoms with Crippen molar-refractivity contribution in [3.05, 3.63) is 51.7 Å². The highest BCUT2D eigenvalue weighted by Gasteiger charge is 2.42. The first-order valence-electron chi connectivity index (χ1n) is 16.1. The van der Waals surface area contributed by atoms with Crippen molar-refractivity contribution in [3.8, 4) is 11.1 Å². The lowest BCUT2D eigenvalue weighted by atomic mass is 9.77. The van der Waals surface area contributed by atoms with Crippen LogP contribution in [0, 0.1) is 11.2 Å². The van der Waals surface area contributed by atoms with E-state index in [-0.39, 0.29) is 29.7 Å². The Kier molecular flexibility index (Phi) is 8.27. The Morgan fingerprint density at radius 2 is 1.87 bits per heavy atom. The summed E-state index contributed by atoms with van der Waals surface area (Å²) in [7, 11) is 0. The number of thioether (sulfide) groups is 1. The van der Waals surface area contributed by atoms with Gasteiger partial charge in [0.2, 0.25) is 0 Å². The van der Waals surface area contributed by atoms with E-state index >= 15 is 0 Å². The number of halogens is 2. The smallest absolute Gasteiger partial charge is 0.410 e. The fourth-order valence-electron chi connectivity index (χ4n) is 7.25. The molecule has 12 heteroatoms. The highest BCUT2D eigenvalue weighted by atomic mass is 35.5. The zero-order valence-corrected chi connectivity index (χ0v) is 28.4. The largest absolute Gasteiger partial charge is 0.444 e. The molecule has 46 heavy (non-hydrogen) atoms. The molecule has 1 aromatic heterocycles. The maximum atomic E-state index is 14.2. The van der Waals surface area contributed by atoms with Crippen LogP contribution in [0.2, 0.25) is 5.02 Å². The highest BCUT2D eigenvalue weighted by Crippen LogP contribution is 2.48. The Labute approximate surface area is 278 Å². The van der Waals surface area contributed by atoms with E-state index in [0.29, 0.717) is 41.6 Å². The second-order valence-electron chi connectivity index (χ2n) is 14.3. The van der Waals surface area contributed by atoms with E-state index in [9.17, 15) is 14.0 Å². The maximum absolute atomic E-state index is 14.2. The highest BCUT2D eigenvalue weighted by molar-refractivity contribution is 7.99. The van der Waals surface area contributed by atoms with Gasteiger partial charge in [0.1, 0.15) is 17.2 Å². The van der Waals surface area contributed by atoms with Crippen molar-refractivity contribution in [2.75, 3.05) is 63.1 Å². The Balaban J connectivity index is 1.28. The van der Waals surface area contributed by atoms with E-state index in [0.717, 1.165) is 72.6 Å². The topological polar surface area (TPSA) is 80.1 Å². The molecule has 0 radical (unpaired) electrons. The second kappa shape index (κ2) is 12.0. The Hall–Kier alpha value is -2.86. The number of hydrogen-bond acceptors (Lipinski definition) is 8. The number of aromatic nitrogens is 2. The third-order valence-corrected chi connectivity index (χ3v) is 11.3. The first-order valence-corrected chi connectivity index (χ1v) is 17.5. The summed E-state index contributed by atoms with van der Waals surface area (Å²) in [6.45, 7) is 13.4. The molecule has 5 heterocycles. The van der Waals surface area contributed by atoms with Crippen molar-refractivity contribution in [3.63, 3.8) is 0 Å². The van der Waals surface area contributed by atoms with Crippen LogP contribution >= 0.6 is 23.4 Å². The number of rotatable bonds is 4. The lowest BCUT2D eigenvalue weighted by Crippen LogP contribution is -2.55. The Morgan fingerprint density at radius 3 is 2.50 bits per heavy atom. The van der Waals surface area contributed by atoms with Gasteiger partial charge in [0.15, 0.2) is 0 Å². The number of benzene rings is 2. The fraction of sp³-hybridized carbons (Fsp3) is 0.559. The minimum atomic E-state index is -0.585. The van der Waals surface area contributed by atoms with Crippen LogP contribution in [0.3, 0.4) is 0 Å². The van der Waals surface area contributed by atoms with Crippen LogP contribution in [0.5, 0.6) is 0 Å². The van der Waals surface area contributed by atoms with Gasteiger partial charge in [-0.15, -0.1) is 11.8 Å². The lowest BCUT2D eigenvalue weighted by molar-refractivity contribution is -0.140. The zero-order valence-electron chi connectivity index (χ0n) is 26.9. The van der Waals surface area contributed by atoms with Crippen LogP contribution in [0.25, 0.3) is 22.0 Å². The van der Waals surface area contributed by atoms with Gasteiger partial charge < -0.3 is 24.2 Å². The van der Waals surface area contributed by atoms with Gasteiger partial charge in [-0.2, -0.15) is 4.98 Å². The first-order chi connectivity index (χ1) is 21.9. The molecular weight excluding hydrogens is 629 g/mol. The van der Waals surface area contributed by atoms with Gasteiger partial charge in [-0.05, 0) is 77.4 Å². The predicted octanol–water partition coefficient (Wildman–Crippen LogP) is 6.06. The molecule has 1 spiro atoms. The molecule has 4 aliphatic heterocycles. The van der Waals surface area contributed by atoms with Crippen molar-refractivity contribution in [2.24, 2.45) is 5.41 Å². The molecule has 2 atom stereocenters. The molecule has 3 aromatic rings. The van der Waals surface area contributed by atoms with E-state index < -0.39 is 5.60 Å². The number of amides is 1. The molecule has 0 aliphatic carbocycles. The quantitative estimate of drug-likeness (QED) is 0.332. The Morgan fingerprint density at radius 1 is 1.15 bits per heavy atom. The van der Waals surface area contributed by atoms with Crippen LogP contribution < -0.4 is 10.6 Å². The fourth-order valence-corrected chi connectivity index (χ4v) is 8.95. The third-order valence-electron chi connectivity index (χ3n) is 9.77. The number of nitrogens with zero attached hydrogens (tertiary/aromatic N) is 5. The summed E-state index contributed by atoms with van der Waals surface area (Å²) < 4.78 is 27.0. The molecule has 7 rings (SSSR count). The van der Waals surface area contributed by atoms with Gasteiger partial charge in [0.05, 0.1) is 29.8 Å². The molecule has 2 aromatic carbocycles. The number of anilines is 1. The van der Waals surface area contributed by atoms with Gasteiger partial charge >= 0.3 is 11.8 Å². The number of carbonyl (C=O) groups is 1. The first kappa shape index (κ1) is 31.7. The normalized spacial score (nSPS) is 23.1. The molecule has 0 saturated carbocycles.